The smallest absolute Gasteiger partial charge is 0.128 e. The number of piperidine rings is 1. The van der Waals surface area contributed by atoms with Crippen molar-refractivity contribution in [1.29, 1.82) is 0 Å². The summed E-state index contributed by atoms with van der Waals surface area (Å²) < 4.78 is 0. The van der Waals surface area contributed by atoms with Crippen molar-refractivity contribution in [3.8, 4) is 0 Å². The maximum absolute atomic E-state index is 4.61. The summed E-state index contributed by atoms with van der Waals surface area (Å²) in [5.41, 5.74) is 1.47. The molecular weight excluding hydrogens is 234 g/mol. The second-order valence-corrected chi connectivity index (χ2v) is 6.68. The number of likely N-dealkylation sites (N-methyl/N-ethyl adjacent to an activating group) is 1. The third kappa shape index (κ3) is 3.93. The fourth-order valence-corrected chi connectivity index (χ4v) is 2.56. The quantitative estimate of drug-likeness (QED) is 0.906. The molecule has 1 saturated heterocycles. The summed E-state index contributed by atoms with van der Waals surface area (Å²) in [7, 11) is 2.13. The van der Waals surface area contributed by atoms with Crippen molar-refractivity contribution in [2.45, 2.75) is 51.5 Å². The molecule has 3 nitrogen and oxygen atoms in total. The Balaban J connectivity index is 1.97. The van der Waals surface area contributed by atoms with Gasteiger partial charge in [-0.1, -0.05) is 33.3 Å². The van der Waals surface area contributed by atoms with E-state index in [0.717, 1.165) is 18.9 Å². The largest absolute Gasteiger partial charge is 0.358 e. The monoisotopic (exact) mass is 261 g/mol. The molecule has 1 fully saturated rings. The van der Waals surface area contributed by atoms with Crippen LogP contribution >= 0.6 is 0 Å². The molecule has 1 aliphatic rings. The molecule has 2 rings (SSSR count). The van der Waals surface area contributed by atoms with Crippen LogP contribution in [0.1, 0.15) is 45.6 Å². The van der Waals surface area contributed by atoms with Crippen LogP contribution in [-0.2, 0) is 5.41 Å². The van der Waals surface area contributed by atoms with Crippen molar-refractivity contribution >= 4 is 5.82 Å². The first-order valence-corrected chi connectivity index (χ1v) is 7.38. The molecule has 1 atom stereocenters. The van der Waals surface area contributed by atoms with Crippen molar-refractivity contribution < 1.29 is 0 Å². The third-order valence-electron chi connectivity index (χ3n) is 3.91. The van der Waals surface area contributed by atoms with Crippen LogP contribution < -0.4 is 10.2 Å². The van der Waals surface area contributed by atoms with Crippen LogP contribution in [0.25, 0.3) is 0 Å². The maximum Gasteiger partial charge on any atom is 0.128 e. The molecule has 0 aromatic carbocycles. The molecule has 1 aromatic rings. The van der Waals surface area contributed by atoms with Gasteiger partial charge in [-0.05, 0) is 36.4 Å². The zero-order valence-electron chi connectivity index (χ0n) is 12.7. The van der Waals surface area contributed by atoms with E-state index in [1.807, 2.05) is 6.20 Å². The van der Waals surface area contributed by atoms with E-state index < -0.39 is 0 Å². The lowest BCUT2D eigenvalue weighted by molar-refractivity contribution is 0.403. The van der Waals surface area contributed by atoms with Crippen LogP contribution in [0.3, 0.4) is 0 Å². The molecule has 0 saturated carbocycles. The lowest BCUT2D eigenvalue weighted by Gasteiger charge is -2.29. The standard InChI is InChI=1S/C16H27N3/c1-16(2,3)13-8-9-15(18-11-13)19(4)12-14-7-5-6-10-17-14/h8-9,11,14,17H,5-7,10,12H2,1-4H3. The summed E-state index contributed by atoms with van der Waals surface area (Å²) in [5, 5.41) is 3.59. The first-order valence-electron chi connectivity index (χ1n) is 7.38. The normalized spacial score (nSPS) is 20.3. The van der Waals surface area contributed by atoms with Gasteiger partial charge in [-0.15, -0.1) is 0 Å². The fourth-order valence-electron chi connectivity index (χ4n) is 2.56. The van der Waals surface area contributed by atoms with E-state index in [1.165, 1.54) is 24.8 Å². The highest BCUT2D eigenvalue weighted by atomic mass is 15.2. The van der Waals surface area contributed by atoms with Gasteiger partial charge in [-0.2, -0.15) is 0 Å². The van der Waals surface area contributed by atoms with E-state index in [4.69, 9.17) is 0 Å². The maximum atomic E-state index is 4.61. The molecule has 0 spiro atoms. The first kappa shape index (κ1) is 14.3. The van der Waals surface area contributed by atoms with E-state index in [9.17, 15) is 0 Å². The van der Waals surface area contributed by atoms with Crippen molar-refractivity contribution in [1.82, 2.24) is 10.3 Å². The van der Waals surface area contributed by atoms with E-state index in [-0.39, 0.29) is 5.41 Å². The molecule has 1 unspecified atom stereocenters. The molecule has 19 heavy (non-hydrogen) atoms. The summed E-state index contributed by atoms with van der Waals surface area (Å²) in [6.45, 7) is 8.87. The average Bonchev–Trinajstić information content (AvgIpc) is 2.39. The summed E-state index contributed by atoms with van der Waals surface area (Å²) >= 11 is 0. The Morgan fingerprint density at radius 3 is 2.63 bits per heavy atom. The van der Waals surface area contributed by atoms with Crippen LogP contribution in [0.4, 0.5) is 5.82 Å². The van der Waals surface area contributed by atoms with E-state index in [0.29, 0.717) is 6.04 Å². The molecule has 106 valence electrons. The van der Waals surface area contributed by atoms with Gasteiger partial charge in [0.15, 0.2) is 0 Å². The topological polar surface area (TPSA) is 28.2 Å². The predicted octanol–water partition coefficient (Wildman–Crippen LogP) is 2.96. The molecule has 1 N–H and O–H groups in total. The van der Waals surface area contributed by atoms with Crippen molar-refractivity contribution in [2.75, 3.05) is 25.0 Å². The van der Waals surface area contributed by atoms with Gasteiger partial charge in [-0.3, -0.25) is 0 Å². The Kier molecular flexibility index (Phi) is 4.46. The second-order valence-electron chi connectivity index (χ2n) is 6.68. The lowest BCUT2D eigenvalue weighted by atomic mass is 9.88. The second kappa shape index (κ2) is 5.91. The Morgan fingerprint density at radius 1 is 1.32 bits per heavy atom. The molecule has 0 radical (unpaired) electrons. The van der Waals surface area contributed by atoms with Gasteiger partial charge in [0.1, 0.15) is 5.82 Å². The number of anilines is 1. The van der Waals surface area contributed by atoms with Gasteiger partial charge in [0, 0.05) is 25.8 Å². The molecule has 2 heterocycles. The van der Waals surface area contributed by atoms with Crippen LogP contribution in [0.2, 0.25) is 0 Å². The van der Waals surface area contributed by atoms with Crippen molar-refractivity contribution in [3.63, 3.8) is 0 Å². The van der Waals surface area contributed by atoms with E-state index in [1.54, 1.807) is 0 Å². The molecule has 0 amide bonds. The number of pyridine rings is 1. The van der Waals surface area contributed by atoms with Crippen LogP contribution in [-0.4, -0.2) is 31.2 Å². The molecule has 0 bridgehead atoms. The van der Waals surface area contributed by atoms with Gasteiger partial charge in [0.25, 0.3) is 0 Å². The van der Waals surface area contributed by atoms with Crippen molar-refractivity contribution in [2.24, 2.45) is 0 Å². The highest BCUT2D eigenvalue weighted by molar-refractivity contribution is 5.39. The zero-order valence-corrected chi connectivity index (χ0v) is 12.7. The Bertz CT molecular complexity index is 385. The van der Waals surface area contributed by atoms with Gasteiger partial charge in [-0.25, -0.2) is 4.98 Å². The van der Waals surface area contributed by atoms with E-state index >= 15 is 0 Å². The minimum atomic E-state index is 0.176. The minimum Gasteiger partial charge on any atom is -0.358 e. The van der Waals surface area contributed by atoms with Crippen molar-refractivity contribution in [3.05, 3.63) is 23.9 Å². The number of hydrogen-bond acceptors (Lipinski definition) is 3. The number of nitrogens with zero attached hydrogens (tertiary/aromatic N) is 2. The highest BCUT2D eigenvalue weighted by Gasteiger charge is 2.17. The highest BCUT2D eigenvalue weighted by Crippen LogP contribution is 2.23. The molecule has 0 aliphatic carbocycles. The van der Waals surface area contributed by atoms with Gasteiger partial charge < -0.3 is 10.2 Å². The Morgan fingerprint density at radius 2 is 2.11 bits per heavy atom. The number of rotatable bonds is 3. The third-order valence-corrected chi connectivity index (χ3v) is 3.91. The van der Waals surface area contributed by atoms with Gasteiger partial charge >= 0.3 is 0 Å². The Labute approximate surface area is 117 Å². The van der Waals surface area contributed by atoms with Crippen LogP contribution in [0.15, 0.2) is 18.3 Å². The summed E-state index contributed by atoms with van der Waals surface area (Å²) in [6, 6.07) is 4.96. The lowest BCUT2D eigenvalue weighted by Crippen LogP contribution is -2.42. The number of hydrogen-bond donors (Lipinski definition) is 1. The van der Waals surface area contributed by atoms with Crippen LogP contribution in [0, 0.1) is 0 Å². The molecule has 1 aromatic heterocycles. The minimum absolute atomic E-state index is 0.176. The van der Waals surface area contributed by atoms with E-state index in [2.05, 4.69) is 55.2 Å². The molecule has 1 aliphatic heterocycles. The predicted molar refractivity (Wildman–Crippen MR) is 81.8 cm³/mol. The van der Waals surface area contributed by atoms with Gasteiger partial charge in [0.05, 0.1) is 0 Å². The zero-order chi connectivity index (χ0) is 13.9. The summed E-state index contributed by atoms with van der Waals surface area (Å²) in [5.74, 6) is 1.07. The average molecular weight is 261 g/mol. The van der Waals surface area contributed by atoms with Gasteiger partial charge in [0.2, 0.25) is 0 Å². The Hall–Kier alpha value is -1.09. The number of nitrogens with one attached hydrogen (secondary N) is 1. The summed E-state index contributed by atoms with van der Waals surface area (Å²) in [4.78, 5) is 6.87. The first-order chi connectivity index (χ1) is 8.97. The molecular formula is C16H27N3. The molecule has 3 heteroatoms. The van der Waals surface area contributed by atoms with Crippen LogP contribution in [0.5, 0.6) is 0 Å². The number of aromatic nitrogens is 1. The summed E-state index contributed by atoms with van der Waals surface area (Å²) in [6.07, 6.45) is 5.96. The fraction of sp³-hybridized carbons (Fsp3) is 0.688. The SMILES string of the molecule is CN(CC1CCCCN1)c1ccc(C(C)(C)C)cn1.